The molecule has 6 rings (SSSR count). The van der Waals surface area contributed by atoms with Crippen molar-refractivity contribution in [3.8, 4) is 0 Å². The van der Waals surface area contributed by atoms with Crippen molar-refractivity contribution in [3.05, 3.63) is 65.7 Å². The summed E-state index contributed by atoms with van der Waals surface area (Å²) in [7, 11) is -3.21. The number of hydrogen-bond acceptors (Lipinski definition) is 5. The van der Waals surface area contributed by atoms with Gasteiger partial charge in [-0.1, -0.05) is 42.5 Å². The SMILES string of the molecule is CS(=O)(=O)c1ccc(CN2CCC3(CCN(CC4CN(CC5CC5)CC4c4ccccc4)CC3)C2=O)cc1. The number of benzene rings is 2. The Kier molecular flexibility index (Phi) is 7.12. The van der Waals surface area contributed by atoms with Crippen molar-refractivity contribution in [2.75, 3.05) is 52.1 Å². The molecule has 1 amide bonds. The highest BCUT2D eigenvalue weighted by Crippen LogP contribution is 2.43. The maximum Gasteiger partial charge on any atom is 0.229 e. The third-order valence-electron chi connectivity index (χ3n) is 9.59. The van der Waals surface area contributed by atoms with Gasteiger partial charge in [-0.25, -0.2) is 8.42 Å². The molecule has 3 aliphatic heterocycles. The first-order valence-corrected chi connectivity index (χ1v) is 16.3. The maximum atomic E-state index is 13.6. The van der Waals surface area contributed by atoms with Crippen molar-refractivity contribution in [1.29, 1.82) is 0 Å². The lowest BCUT2D eigenvalue weighted by Crippen LogP contribution is -2.46. The molecule has 0 radical (unpaired) electrons. The molecule has 38 heavy (non-hydrogen) atoms. The number of carbonyl (C=O) groups is 1. The molecule has 7 heteroatoms. The molecule has 3 saturated heterocycles. The lowest BCUT2D eigenvalue weighted by molar-refractivity contribution is -0.139. The van der Waals surface area contributed by atoms with E-state index in [9.17, 15) is 13.2 Å². The summed E-state index contributed by atoms with van der Waals surface area (Å²) in [6, 6.07) is 18.1. The van der Waals surface area contributed by atoms with Crippen LogP contribution in [-0.2, 0) is 21.2 Å². The molecule has 6 nitrogen and oxygen atoms in total. The summed E-state index contributed by atoms with van der Waals surface area (Å²) < 4.78 is 23.5. The van der Waals surface area contributed by atoms with Gasteiger partial charge in [0.2, 0.25) is 5.91 Å². The van der Waals surface area contributed by atoms with Crippen LogP contribution < -0.4 is 0 Å². The smallest absolute Gasteiger partial charge is 0.229 e. The highest BCUT2D eigenvalue weighted by molar-refractivity contribution is 7.90. The zero-order chi connectivity index (χ0) is 26.3. The predicted octanol–water partition coefficient (Wildman–Crippen LogP) is 4.03. The Bertz CT molecular complexity index is 1230. The predicted molar refractivity (Wildman–Crippen MR) is 150 cm³/mol. The number of likely N-dealkylation sites (tertiary alicyclic amines) is 3. The van der Waals surface area contributed by atoms with Gasteiger partial charge in [-0.15, -0.1) is 0 Å². The molecule has 3 heterocycles. The first-order valence-electron chi connectivity index (χ1n) is 14.4. The lowest BCUT2D eigenvalue weighted by atomic mass is 9.76. The Balaban J connectivity index is 1.05. The van der Waals surface area contributed by atoms with Crippen LogP contribution in [0.5, 0.6) is 0 Å². The summed E-state index contributed by atoms with van der Waals surface area (Å²) in [5.41, 5.74) is 2.26. The molecule has 1 aliphatic carbocycles. The van der Waals surface area contributed by atoms with Gasteiger partial charge in [-0.2, -0.15) is 0 Å². The third-order valence-corrected chi connectivity index (χ3v) is 10.7. The topological polar surface area (TPSA) is 60.9 Å². The van der Waals surface area contributed by atoms with Gasteiger partial charge in [0.1, 0.15) is 0 Å². The van der Waals surface area contributed by atoms with E-state index in [2.05, 4.69) is 40.1 Å². The fourth-order valence-corrected chi connectivity index (χ4v) is 7.73. The fourth-order valence-electron chi connectivity index (χ4n) is 7.10. The number of hydrogen-bond donors (Lipinski definition) is 0. The highest BCUT2D eigenvalue weighted by Gasteiger charge is 2.48. The Hall–Kier alpha value is -2.22. The van der Waals surface area contributed by atoms with E-state index >= 15 is 0 Å². The largest absolute Gasteiger partial charge is 0.338 e. The standard InChI is InChI=1S/C31H41N3O3S/c1-38(36,37)28-11-9-25(10-12-28)20-34-18-15-31(30(34)35)13-16-32(17-14-31)21-27-22-33(19-24-7-8-24)23-29(27)26-5-3-2-4-6-26/h2-6,9-12,24,27,29H,7-8,13-23H2,1H3. The van der Waals surface area contributed by atoms with Crippen LogP contribution in [0.15, 0.2) is 59.5 Å². The summed E-state index contributed by atoms with van der Waals surface area (Å²) in [4.78, 5) is 21.2. The van der Waals surface area contributed by atoms with E-state index in [-0.39, 0.29) is 5.41 Å². The summed E-state index contributed by atoms with van der Waals surface area (Å²) in [6.45, 7) is 8.13. The van der Waals surface area contributed by atoms with Crippen LogP contribution >= 0.6 is 0 Å². The fraction of sp³-hybridized carbons (Fsp3) is 0.581. The summed E-state index contributed by atoms with van der Waals surface area (Å²) >= 11 is 0. The van der Waals surface area contributed by atoms with Gasteiger partial charge in [0.25, 0.3) is 0 Å². The number of sulfone groups is 1. The van der Waals surface area contributed by atoms with Crippen LogP contribution in [-0.4, -0.2) is 81.1 Å². The molecule has 2 atom stereocenters. The van der Waals surface area contributed by atoms with Gasteiger partial charge in [0, 0.05) is 51.4 Å². The van der Waals surface area contributed by atoms with Crippen LogP contribution in [0.2, 0.25) is 0 Å². The summed E-state index contributed by atoms with van der Waals surface area (Å²) in [5, 5.41) is 0. The minimum absolute atomic E-state index is 0.213. The average molecular weight is 536 g/mol. The summed E-state index contributed by atoms with van der Waals surface area (Å²) in [6.07, 6.45) is 6.87. The van der Waals surface area contributed by atoms with Crippen LogP contribution in [0.25, 0.3) is 0 Å². The maximum absolute atomic E-state index is 13.6. The van der Waals surface area contributed by atoms with E-state index in [1.807, 2.05) is 17.0 Å². The minimum Gasteiger partial charge on any atom is -0.338 e. The summed E-state index contributed by atoms with van der Waals surface area (Å²) in [5.74, 6) is 2.47. The quantitative estimate of drug-likeness (QED) is 0.511. The number of nitrogens with zero attached hydrogens (tertiary/aromatic N) is 3. The molecule has 4 aliphatic rings. The van der Waals surface area contributed by atoms with E-state index < -0.39 is 9.84 Å². The van der Waals surface area contributed by atoms with E-state index in [1.165, 1.54) is 44.3 Å². The molecular formula is C31H41N3O3S. The Morgan fingerprint density at radius 1 is 0.842 bits per heavy atom. The van der Waals surface area contributed by atoms with Crippen molar-refractivity contribution in [1.82, 2.24) is 14.7 Å². The molecule has 2 unspecified atom stereocenters. The van der Waals surface area contributed by atoms with Gasteiger partial charge in [0.15, 0.2) is 9.84 Å². The van der Waals surface area contributed by atoms with Crippen LogP contribution in [0, 0.1) is 17.3 Å². The molecule has 2 aromatic rings. The number of piperidine rings is 1. The zero-order valence-electron chi connectivity index (χ0n) is 22.6. The van der Waals surface area contributed by atoms with E-state index in [4.69, 9.17) is 0 Å². The molecule has 1 spiro atoms. The van der Waals surface area contributed by atoms with Crippen LogP contribution in [0.4, 0.5) is 0 Å². The Labute approximate surface area is 227 Å². The molecule has 0 N–H and O–H groups in total. The van der Waals surface area contributed by atoms with Gasteiger partial charge >= 0.3 is 0 Å². The molecule has 0 bridgehead atoms. The van der Waals surface area contributed by atoms with Gasteiger partial charge in [0.05, 0.1) is 10.3 Å². The Morgan fingerprint density at radius 2 is 1.53 bits per heavy atom. The number of rotatable bonds is 8. The van der Waals surface area contributed by atoms with Crippen molar-refractivity contribution >= 4 is 15.7 Å². The first-order chi connectivity index (χ1) is 18.3. The molecule has 4 fully saturated rings. The van der Waals surface area contributed by atoms with Crippen molar-refractivity contribution in [3.63, 3.8) is 0 Å². The second-order valence-corrected chi connectivity index (χ2v) is 14.4. The highest BCUT2D eigenvalue weighted by atomic mass is 32.2. The molecule has 1 saturated carbocycles. The zero-order valence-corrected chi connectivity index (χ0v) is 23.4. The molecular weight excluding hydrogens is 494 g/mol. The average Bonchev–Trinajstić information content (AvgIpc) is 3.57. The Morgan fingerprint density at radius 3 is 2.18 bits per heavy atom. The number of amides is 1. The van der Waals surface area contributed by atoms with E-state index in [0.717, 1.165) is 56.9 Å². The van der Waals surface area contributed by atoms with Gasteiger partial charge < -0.3 is 14.7 Å². The van der Waals surface area contributed by atoms with Crippen molar-refractivity contribution < 1.29 is 13.2 Å². The van der Waals surface area contributed by atoms with Crippen molar-refractivity contribution in [2.45, 2.75) is 49.5 Å². The molecule has 2 aromatic carbocycles. The number of carbonyl (C=O) groups excluding carboxylic acids is 1. The first kappa shape index (κ1) is 26.0. The van der Waals surface area contributed by atoms with Crippen LogP contribution in [0.1, 0.15) is 49.1 Å². The van der Waals surface area contributed by atoms with Gasteiger partial charge in [-0.3, -0.25) is 4.79 Å². The van der Waals surface area contributed by atoms with Crippen LogP contribution in [0.3, 0.4) is 0 Å². The molecule has 204 valence electrons. The second-order valence-electron chi connectivity index (χ2n) is 12.4. The monoisotopic (exact) mass is 535 g/mol. The minimum atomic E-state index is -3.21. The van der Waals surface area contributed by atoms with Gasteiger partial charge in [-0.05, 0) is 80.3 Å². The van der Waals surface area contributed by atoms with Crippen molar-refractivity contribution in [2.24, 2.45) is 17.3 Å². The lowest BCUT2D eigenvalue weighted by Gasteiger charge is -2.39. The molecule has 0 aromatic heterocycles. The van der Waals surface area contributed by atoms with E-state index in [1.54, 1.807) is 12.1 Å². The third kappa shape index (κ3) is 5.56. The normalized spacial score (nSPS) is 26.4. The second kappa shape index (κ2) is 10.4. The van der Waals surface area contributed by atoms with E-state index in [0.29, 0.717) is 29.2 Å².